The Morgan fingerprint density at radius 1 is 0.926 bits per heavy atom. The highest BCUT2D eigenvalue weighted by molar-refractivity contribution is 5.70. The van der Waals surface area contributed by atoms with E-state index in [0.29, 0.717) is 6.04 Å². The van der Waals surface area contributed by atoms with Gasteiger partial charge in [-0.2, -0.15) is 4.98 Å². The van der Waals surface area contributed by atoms with Crippen LogP contribution in [0.15, 0.2) is 54.6 Å². The minimum atomic E-state index is 0.366. The van der Waals surface area contributed by atoms with Crippen LogP contribution in [-0.4, -0.2) is 22.6 Å². The maximum absolute atomic E-state index is 5.03. The first kappa shape index (κ1) is 16.3. The van der Waals surface area contributed by atoms with Gasteiger partial charge in [-0.3, -0.25) is 0 Å². The van der Waals surface area contributed by atoms with Gasteiger partial charge in [-0.25, -0.2) is 4.98 Å². The van der Waals surface area contributed by atoms with Gasteiger partial charge in [0.1, 0.15) is 5.82 Å². The van der Waals surface area contributed by atoms with Crippen molar-refractivity contribution in [2.75, 3.05) is 16.3 Å². The van der Waals surface area contributed by atoms with E-state index in [0.717, 1.165) is 43.3 Å². The normalized spacial score (nSPS) is 18.4. The van der Waals surface area contributed by atoms with Crippen molar-refractivity contribution < 1.29 is 0 Å². The van der Waals surface area contributed by atoms with E-state index in [4.69, 9.17) is 9.97 Å². The van der Waals surface area contributed by atoms with Crippen molar-refractivity contribution >= 4 is 23.1 Å². The monoisotopic (exact) mass is 356 g/mol. The molecular weight excluding hydrogens is 332 g/mol. The number of hydrogen-bond acceptors (Lipinski definition) is 4. The molecule has 3 heterocycles. The van der Waals surface area contributed by atoms with Crippen molar-refractivity contribution in [2.45, 2.75) is 39.2 Å². The molecule has 1 unspecified atom stereocenters. The largest absolute Gasteiger partial charge is 0.326 e. The zero-order valence-corrected chi connectivity index (χ0v) is 15.9. The molecule has 1 atom stereocenters. The molecule has 4 heteroatoms. The van der Waals surface area contributed by atoms with Crippen molar-refractivity contribution in [3.63, 3.8) is 0 Å². The van der Waals surface area contributed by atoms with Gasteiger partial charge in [0.2, 0.25) is 5.95 Å². The van der Waals surface area contributed by atoms with Gasteiger partial charge in [-0.1, -0.05) is 36.4 Å². The Morgan fingerprint density at radius 3 is 2.52 bits per heavy atom. The van der Waals surface area contributed by atoms with E-state index in [1.54, 1.807) is 0 Å². The molecule has 3 aromatic rings. The van der Waals surface area contributed by atoms with E-state index in [2.05, 4.69) is 78.2 Å². The molecule has 2 aromatic carbocycles. The summed E-state index contributed by atoms with van der Waals surface area (Å²) in [5, 5.41) is 0. The molecule has 0 saturated heterocycles. The quantitative estimate of drug-likeness (QED) is 0.650. The van der Waals surface area contributed by atoms with Gasteiger partial charge in [0.25, 0.3) is 0 Å². The van der Waals surface area contributed by atoms with Gasteiger partial charge in [0, 0.05) is 35.7 Å². The molecule has 136 valence electrons. The molecule has 2 aliphatic rings. The predicted octanol–water partition coefficient (Wildman–Crippen LogP) is 4.95. The molecule has 27 heavy (non-hydrogen) atoms. The van der Waals surface area contributed by atoms with E-state index in [9.17, 15) is 0 Å². The summed E-state index contributed by atoms with van der Waals surface area (Å²) in [4.78, 5) is 14.5. The minimum absolute atomic E-state index is 0.366. The predicted molar refractivity (Wildman–Crippen MR) is 110 cm³/mol. The van der Waals surface area contributed by atoms with Crippen LogP contribution in [-0.2, 0) is 12.8 Å². The summed E-state index contributed by atoms with van der Waals surface area (Å²) in [5.41, 5.74) is 6.30. The van der Waals surface area contributed by atoms with Crippen LogP contribution in [0.2, 0.25) is 0 Å². The lowest BCUT2D eigenvalue weighted by Gasteiger charge is -2.31. The summed E-state index contributed by atoms with van der Waals surface area (Å²) in [6, 6.07) is 19.8. The minimum Gasteiger partial charge on any atom is -0.326 e. The number of fused-ring (bicyclic) bond motifs is 2. The molecule has 0 aliphatic carbocycles. The number of anilines is 4. The Morgan fingerprint density at radius 2 is 1.67 bits per heavy atom. The third-order valence-electron chi connectivity index (χ3n) is 5.64. The molecule has 2 aliphatic heterocycles. The van der Waals surface area contributed by atoms with Gasteiger partial charge in [-0.05, 0) is 56.4 Å². The molecule has 0 amide bonds. The first-order valence-electron chi connectivity index (χ1n) is 9.79. The fraction of sp³-hybridized carbons (Fsp3) is 0.304. The summed E-state index contributed by atoms with van der Waals surface area (Å²) in [7, 11) is 0. The fourth-order valence-electron chi connectivity index (χ4n) is 4.42. The van der Waals surface area contributed by atoms with E-state index in [1.165, 1.54) is 22.5 Å². The number of hydrogen-bond donors (Lipinski definition) is 0. The second kappa shape index (κ2) is 6.38. The average Bonchev–Trinajstić information content (AvgIpc) is 3.02. The highest BCUT2D eigenvalue weighted by Gasteiger charge is 2.30. The standard InChI is InChI=1S/C23H24N4/c1-16-14-22(26-13-7-10-18-8-3-5-11-20(18)26)25-23(24-16)27-17(2)15-19-9-4-6-12-21(19)27/h3-6,8-9,11-12,14,17H,7,10,13,15H2,1-2H3. The molecule has 0 radical (unpaired) electrons. The molecule has 0 fully saturated rings. The Bertz CT molecular complexity index is 997. The summed E-state index contributed by atoms with van der Waals surface area (Å²) >= 11 is 0. The molecular formula is C23H24N4. The Hall–Kier alpha value is -2.88. The number of nitrogens with zero attached hydrogens (tertiary/aromatic N) is 4. The second-order valence-electron chi connectivity index (χ2n) is 7.60. The van der Waals surface area contributed by atoms with E-state index in [1.807, 2.05) is 0 Å². The zero-order chi connectivity index (χ0) is 18.4. The van der Waals surface area contributed by atoms with Crippen LogP contribution in [0.5, 0.6) is 0 Å². The second-order valence-corrected chi connectivity index (χ2v) is 7.60. The molecule has 0 saturated carbocycles. The van der Waals surface area contributed by atoms with Crippen molar-refractivity contribution in [1.82, 2.24) is 9.97 Å². The van der Waals surface area contributed by atoms with Crippen molar-refractivity contribution in [2.24, 2.45) is 0 Å². The van der Waals surface area contributed by atoms with Crippen LogP contribution in [0, 0.1) is 6.92 Å². The highest BCUT2D eigenvalue weighted by atomic mass is 15.3. The van der Waals surface area contributed by atoms with Crippen LogP contribution in [0.1, 0.15) is 30.2 Å². The van der Waals surface area contributed by atoms with Gasteiger partial charge >= 0.3 is 0 Å². The Labute approximate surface area is 160 Å². The van der Waals surface area contributed by atoms with Gasteiger partial charge in [0.05, 0.1) is 0 Å². The average molecular weight is 356 g/mol. The van der Waals surface area contributed by atoms with Crippen molar-refractivity contribution in [3.8, 4) is 0 Å². The van der Waals surface area contributed by atoms with Crippen molar-refractivity contribution in [1.29, 1.82) is 0 Å². The third-order valence-corrected chi connectivity index (χ3v) is 5.64. The smallest absolute Gasteiger partial charge is 0.232 e. The Kier molecular flexibility index (Phi) is 3.85. The van der Waals surface area contributed by atoms with Crippen LogP contribution in [0.25, 0.3) is 0 Å². The number of aromatic nitrogens is 2. The summed E-state index contributed by atoms with van der Waals surface area (Å²) in [6.45, 7) is 5.32. The number of aryl methyl sites for hydroxylation is 2. The van der Waals surface area contributed by atoms with Gasteiger partial charge < -0.3 is 9.80 Å². The maximum atomic E-state index is 5.03. The molecule has 5 rings (SSSR count). The molecule has 0 N–H and O–H groups in total. The summed E-state index contributed by atoms with van der Waals surface area (Å²) < 4.78 is 0. The van der Waals surface area contributed by atoms with E-state index >= 15 is 0 Å². The zero-order valence-electron chi connectivity index (χ0n) is 15.9. The van der Waals surface area contributed by atoms with E-state index in [-0.39, 0.29) is 0 Å². The summed E-state index contributed by atoms with van der Waals surface area (Å²) in [5.74, 6) is 1.81. The van der Waals surface area contributed by atoms with Crippen LogP contribution in [0.3, 0.4) is 0 Å². The van der Waals surface area contributed by atoms with Crippen molar-refractivity contribution in [3.05, 3.63) is 71.4 Å². The van der Waals surface area contributed by atoms with Gasteiger partial charge in [0.15, 0.2) is 0 Å². The van der Waals surface area contributed by atoms with Gasteiger partial charge in [-0.15, -0.1) is 0 Å². The lowest BCUT2D eigenvalue weighted by atomic mass is 10.0. The Balaban J connectivity index is 1.59. The number of para-hydroxylation sites is 2. The highest BCUT2D eigenvalue weighted by Crippen LogP contribution is 2.38. The van der Waals surface area contributed by atoms with Crippen LogP contribution >= 0.6 is 0 Å². The maximum Gasteiger partial charge on any atom is 0.232 e. The lowest BCUT2D eigenvalue weighted by molar-refractivity contribution is 0.729. The number of rotatable bonds is 2. The fourth-order valence-corrected chi connectivity index (χ4v) is 4.42. The first-order valence-corrected chi connectivity index (χ1v) is 9.79. The topological polar surface area (TPSA) is 32.3 Å². The number of benzene rings is 2. The molecule has 0 spiro atoms. The summed E-state index contributed by atoms with van der Waals surface area (Å²) in [6.07, 6.45) is 3.33. The van der Waals surface area contributed by atoms with E-state index < -0.39 is 0 Å². The lowest BCUT2D eigenvalue weighted by Crippen LogP contribution is -2.29. The SMILES string of the molecule is Cc1cc(N2CCCc3ccccc32)nc(N2c3ccccc3CC2C)n1. The third kappa shape index (κ3) is 2.76. The van der Waals surface area contributed by atoms with Crippen LogP contribution < -0.4 is 9.80 Å². The molecule has 4 nitrogen and oxygen atoms in total. The van der Waals surface area contributed by atoms with Crippen LogP contribution in [0.4, 0.5) is 23.1 Å². The first-order chi connectivity index (χ1) is 13.2. The molecule has 0 bridgehead atoms. The molecule has 1 aromatic heterocycles.